The summed E-state index contributed by atoms with van der Waals surface area (Å²) in [7, 11) is 1.56. The molecule has 0 aromatic heterocycles. The van der Waals surface area contributed by atoms with Crippen molar-refractivity contribution in [2.75, 3.05) is 20.2 Å². The zero-order valence-electron chi connectivity index (χ0n) is 13.6. The summed E-state index contributed by atoms with van der Waals surface area (Å²) in [5.74, 6) is 0.0113. The minimum absolute atomic E-state index is 0.0893. The topological polar surface area (TPSA) is 89.0 Å². The molecule has 1 aliphatic heterocycles. The number of benzene rings is 1. The van der Waals surface area contributed by atoms with Crippen molar-refractivity contribution in [2.24, 2.45) is 5.16 Å². The van der Waals surface area contributed by atoms with Gasteiger partial charge in [-0.1, -0.05) is 23.7 Å². The summed E-state index contributed by atoms with van der Waals surface area (Å²) in [6, 6.07) is 5.17. The summed E-state index contributed by atoms with van der Waals surface area (Å²) in [6.45, 7) is 2.44. The van der Waals surface area contributed by atoms with E-state index >= 15 is 0 Å². The molecule has 130 valence electrons. The van der Waals surface area contributed by atoms with Gasteiger partial charge in [0, 0.05) is 18.5 Å². The number of carbonyl (C=O) groups is 2. The SMILES string of the molecule is CCCNC(=O)CNC(=O)[C@@H]1CC(c2cc(OC)ccc2Cl)=NO1. The largest absolute Gasteiger partial charge is 0.497 e. The molecule has 0 aliphatic carbocycles. The highest BCUT2D eigenvalue weighted by Gasteiger charge is 2.30. The van der Waals surface area contributed by atoms with Gasteiger partial charge in [0.25, 0.3) is 5.91 Å². The second-order valence-corrected chi connectivity index (χ2v) is 5.66. The number of amides is 2. The van der Waals surface area contributed by atoms with E-state index in [0.717, 1.165) is 6.42 Å². The van der Waals surface area contributed by atoms with Gasteiger partial charge in [-0.05, 0) is 24.6 Å². The van der Waals surface area contributed by atoms with E-state index in [9.17, 15) is 9.59 Å². The first-order valence-corrected chi connectivity index (χ1v) is 8.04. The van der Waals surface area contributed by atoms with Crippen LogP contribution in [0.3, 0.4) is 0 Å². The van der Waals surface area contributed by atoms with Gasteiger partial charge in [0.15, 0.2) is 0 Å². The van der Waals surface area contributed by atoms with E-state index in [-0.39, 0.29) is 24.8 Å². The summed E-state index contributed by atoms with van der Waals surface area (Å²) in [4.78, 5) is 28.7. The van der Waals surface area contributed by atoms with Crippen LogP contribution in [0, 0.1) is 0 Å². The average molecular weight is 354 g/mol. The number of nitrogens with one attached hydrogen (secondary N) is 2. The monoisotopic (exact) mass is 353 g/mol. The zero-order valence-corrected chi connectivity index (χ0v) is 14.4. The maximum absolute atomic E-state index is 12.1. The van der Waals surface area contributed by atoms with E-state index in [1.807, 2.05) is 6.92 Å². The molecule has 1 atom stereocenters. The normalized spacial score (nSPS) is 16.1. The highest BCUT2D eigenvalue weighted by Crippen LogP contribution is 2.26. The third kappa shape index (κ3) is 4.61. The second-order valence-electron chi connectivity index (χ2n) is 5.25. The summed E-state index contributed by atoms with van der Waals surface area (Å²) < 4.78 is 5.16. The lowest BCUT2D eigenvalue weighted by Crippen LogP contribution is -2.41. The predicted molar refractivity (Wildman–Crippen MR) is 90.3 cm³/mol. The molecule has 2 rings (SSSR count). The van der Waals surface area contributed by atoms with E-state index in [1.54, 1.807) is 25.3 Å². The van der Waals surface area contributed by atoms with Gasteiger partial charge in [-0.2, -0.15) is 0 Å². The summed E-state index contributed by atoms with van der Waals surface area (Å²) >= 11 is 6.17. The molecule has 0 bridgehead atoms. The molecule has 0 unspecified atom stereocenters. The van der Waals surface area contributed by atoms with Crippen LogP contribution in [0.25, 0.3) is 0 Å². The number of carbonyl (C=O) groups excluding carboxylic acids is 2. The van der Waals surface area contributed by atoms with Gasteiger partial charge in [0.05, 0.1) is 24.4 Å². The lowest BCUT2D eigenvalue weighted by atomic mass is 10.0. The predicted octanol–water partition coefficient (Wildman–Crippen LogP) is 1.48. The van der Waals surface area contributed by atoms with Crippen LogP contribution < -0.4 is 15.4 Å². The lowest BCUT2D eigenvalue weighted by molar-refractivity contribution is -0.133. The first kappa shape index (κ1) is 18.1. The Hall–Kier alpha value is -2.28. The van der Waals surface area contributed by atoms with E-state index in [2.05, 4.69) is 15.8 Å². The highest BCUT2D eigenvalue weighted by atomic mass is 35.5. The minimum Gasteiger partial charge on any atom is -0.497 e. The Bertz CT molecular complexity index is 648. The molecule has 8 heteroatoms. The van der Waals surface area contributed by atoms with Crippen LogP contribution in [0.1, 0.15) is 25.3 Å². The van der Waals surface area contributed by atoms with Gasteiger partial charge in [-0.3, -0.25) is 9.59 Å². The molecule has 0 spiro atoms. The number of halogens is 1. The summed E-state index contributed by atoms with van der Waals surface area (Å²) in [6.07, 6.45) is 0.334. The van der Waals surface area contributed by atoms with E-state index in [4.69, 9.17) is 21.2 Å². The smallest absolute Gasteiger partial charge is 0.264 e. The first-order valence-electron chi connectivity index (χ1n) is 7.66. The van der Waals surface area contributed by atoms with E-state index in [1.165, 1.54) is 0 Å². The van der Waals surface area contributed by atoms with E-state index < -0.39 is 6.10 Å². The van der Waals surface area contributed by atoms with Gasteiger partial charge in [0.2, 0.25) is 12.0 Å². The molecular formula is C16H20ClN3O4. The van der Waals surface area contributed by atoms with Crippen molar-refractivity contribution in [2.45, 2.75) is 25.9 Å². The molecule has 0 saturated carbocycles. The highest BCUT2D eigenvalue weighted by molar-refractivity contribution is 6.34. The fraction of sp³-hybridized carbons (Fsp3) is 0.438. The van der Waals surface area contributed by atoms with Crippen LogP contribution in [0.5, 0.6) is 5.75 Å². The average Bonchev–Trinajstić information content (AvgIpc) is 3.08. The molecule has 2 N–H and O–H groups in total. The van der Waals surface area contributed by atoms with Crippen molar-refractivity contribution in [3.63, 3.8) is 0 Å². The molecule has 1 aromatic rings. The molecule has 1 heterocycles. The van der Waals surface area contributed by atoms with Crippen LogP contribution in [-0.2, 0) is 14.4 Å². The van der Waals surface area contributed by atoms with Gasteiger partial charge in [-0.15, -0.1) is 0 Å². The molecule has 0 fully saturated rings. The summed E-state index contributed by atoms with van der Waals surface area (Å²) in [5, 5.41) is 9.65. The molecule has 0 radical (unpaired) electrons. The quantitative estimate of drug-likeness (QED) is 0.777. The summed E-state index contributed by atoms with van der Waals surface area (Å²) in [5.41, 5.74) is 1.22. The van der Waals surface area contributed by atoms with Crippen molar-refractivity contribution in [1.82, 2.24) is 10.6 Å². The third-order valence-electron chi connectivity index (χ3n) is 3.44. The Balaban J connectivity index is 1.90. The number of hydrogen-bond acceptors (Lipinski definition) is 5. The van der Waals surface area contributed by atoms with Crippen molar-refractivity contribution in [3.8, 4) is 5.75 Å². The number of ether oxygens (including phenoxy) is 1. The van der Waals surface area contributed by atoms with Crippen LogP contribution in [0.15, 0.2) is 23.4 Å². The molecule has 24 heavy (non-hydrogen) atoms. The number of rotatable bonds is 7. The van der Waals surface area contributed by atoms with Crippen LogP contribution in [0.2, 0.25) is 5.02 Å². The van der Waals surface area contributed by atoms with Gasteiger partial charge in [-0.25, -0.2) is 0 Å². The minimum atomic E-state index is -0.777. The zero-order chi connectivity index (χ0) is 17.5. The Labute approximate surface area is 145 Å². The van der Waals surface area contributed by atoms with Crippen LogP contribution in [-0.4, -0.2) is 43.8 Å². The molecular weight excluding hydrogens is 334 g/mol. The fourth-order valence-corrected chi connectivity index (χ4v) is 2.36. The van der Waals surface area contributed by atoms with Crippen molar-refractivity contribution in [3.05, 3.63) is 28.8 Å². The fourth-order valence-electron chi connectivity index (χ4n) is 2.14. The van der Waals surface area contributed by atoms with Crippen molar-refractivity contribution < 1.29 is 19.2 Å². The van der Waals surface area contributed by atoms with Crippen molar-refractivity contribution >= 4 is 29.1 Å². The van der Waals surface area contributed by atoms with Crippen LogP contribution >= 0.6 is 11.6 Å². The second kappa shape index (κ2) is 8.54. The number of hydrogen-bond donors (Lipinski definition) is 2. The third-order valence-corrected chi connectivity index (χ3v) is 3.77. The maximum atomic E-state index is 12.1. The molecule has 1 aliphatic rings. The van der Waals surface area contributed by atoms with Crippen LogP contribution in [0.4, 0.5) is 0 Å². The number of methoxy groups -OCH3 is 1. The van der Waals surface area contributed by atoms with Crippen molar-refractivity contribution in [1.29, 1.82) is 0 Å². The standard InChI is InChI=1S/C16H20ClN3O4/c1-3-6-18-15(21)9-19-16(22)14-8-13(20-24-14)11-7-10(23-2)4-5-12(11)17/h4-5,7,14H,3,6,8-9H2,1-2H3,(H,18,21)(H,19,22)/t14-/m0/s1. The van der Waals surface area contributed by atoms with E-state index in [0.29, 0.717) is 28.6 Å². The lowest BCUT2D eigenvalue weighted by Gasteiger charge is -2.10. The molecule has 1 aromatic carbocycles. The Morgan fingerprint density at radius 1 is 1.42 bits per heavy atom. The van der Waals surface area contributed by atoms with Gasteiger partial charge in [0.1, 0.15) is 5.75 Å². The number of nitrogens with zero attached hydrogens (tertiary/aromatic N) is 1. The van der Waals surface area contributed by atoms with Gasteiger partial charge < -0.3 is 20.2 Å². The molecule has 2 amide bonds. The Morgan fingerprint density at radius 3 is 2.92 bits per heavy atom. The number of oxime groups is 1. The van der Waals surface area contributed by atoms with Gasteiger partial charge >= 0.3 is 0 Å². The Morgan fingerprint density at radius 2 is 2.21 bits per heavy atom. The molecule has 7 nitrogen and oxygen atoms in total. The maximum Gasteiger partial charge on any atom is 0.264 e. The Kier molecular flexibility index (Phi) is 6.43. The first-order chi connectivity index (χ1) is 11.5. The molecule has 0 saturated heterocycles.